The Morgan fingerprint density at radius 1 is 1.14 bits per heavy atom. The van der Waals surface area contributed by atoms with E-state index in [4.69, 9.17) is 0 Å². The van der Waals surface area contributed by atoms with Gasteiger partial charge in [-0.1, -0.05) is 19.8 Å². The molecule has 3 unspecified atom stereocenters. The molecule has 0 spiro atoms. The Morgan fingerprint density at radius 3 is 2.71 bits per heavy atom. The summed E-state index contributed by atoms with van der Waals surface area (Å²) in [4.78, 5) is 0. The van der Waals surface area contributed by atoms with E-state index in [1.165, 1.54) is 45.1 Å². The van der Waals surface area contributed by atoms with Gasteiger partial charge in [0.1, 0.15) is 0 Å². The molecule has 1 heterocycles. The van der Waals surface area contributed by atoms with Crippen LogP contribution in [0.3, 0.4) is 0 Å². The molecule has 14 heavy (non-hydrogen) atoms. The largest absolute Gasteiger partial charge is 0.314 e. The predicted octanol–water partition coefficient (Wildman–Crippen LogP) is 1.91. The van der Waals surface area contributed by atoms with Crippen LogP contribution in [0.1, 0.15) is 45.4 Å². The summed E-state index contributed by atoms with van der Waals surface area (Å²) in [6, 6.07) is 1.61. The van der Waals surface area contributed by atoms with Gasteiger partial charge in [0.15, 0.2) is 0 Å². The summed E-state index contributed by atoms with van der Waals surface area (Å²) < 4.78 is 0. The quantitative estimate of drug-likeness (QED) is 0.720. The Labute approximate surface area is 87.8 Å². The number of rotatable bonds is 3. The number of nitrogens with one attached hydrogen (secondary N) is 2. The van der Waals surface area contributed by atoms with Gasteiger partial charge in [-0.05, 0) is 44.7 Å². The van der Waals surface area contributed by atoms with Crippen LogP contribution in [0, 0.1) is 5.92 Å². The molecule has 2 heteroatoms. The van der Waals surface area contributed by atoms with Crippen LogP contribution in [0.15, 0.2) is 0 Å². The third-order valence-electron chi connectivity index (χ3n) is 3.90. The lowest BCUT2D eigenvalue weighted by molar-refractivity contribution is 0.217. The third-order valence-corrected chi connectivity index (χ3v) is 3.90. The molecular formula is C12H24N2. The monoisotopic (exact) mass is 196 g/mol. The highest BCUT2D eigenvalue weighted by atomic mass is 15.0. The van der Waals surface area contributed by atoms with E-state index in [0.717, 1.165) is 24.5 Å². The Morgan fingerprint density at radius 2 is 2.00 bits per heavy atom. The molecule has 2 fully saturated rings. The normalized spacial score (nSPS) is 38.8. The van der Waals surface area contributed by atoms with E-state index in [2.05, 4.69) is 17.6 Å². The first-order chi connectivity index (χ1) is 6.92. The van der Waals surface area contributed by atoms with Crippen molar-refractivity contribution in [2.75, 3.05) is 13.1 Å². The molecule has 0 radical (unpaired) electrons. The van der Waals surface area contributed by atoms with Gasteiger partial charge in [-0.25, -0.2) is 0 Å². The number of hydrogen-bond donors (Lipinski definition) is 2. The molecule has 2 N–H and O–H groups in total. The number of hydrogen-bond acceptors (Lipinski definition) is 2. The molecule has 0 aromatic carbocycles. The Balaban J connectivity index is 1.91. The second kappa shape index (κ2) is 5.13. The zero-order chi connectivity index (χ0) is 9.80. The van der Waals surface area contributed by atoms with Crippen LogP contribution in [0.5, 0.6) is 0 Å². The fourth-order valence-corrected chi connectivity index (χ4v) is 3.23. The zero-order valence-electron chi connectivity index (χ0n) is 9.39. The smallest absolute Gasteiger partial charge is 0.0111 e. The molecule has 1 saturated heterocycles. The van der Waals surface area contributed by atoms with E-state index in [1.807, 2.05) is 0 Å². The molecule has 2 nitrogen and oxygen atoms in total. The summed E-state index contributed by atoms with van der Waals surface area (Å²) in [5.41, 5.74) is 0. The summed E-state index contributed by atoms with van der Waals surface area (Å²) in [7, 11) is 0. The fraction of sp³-hybridized carbons (Fsp3) is 1.00. The highest BCUT2D eigenvalue weighted by molar-refractivity contribution is 4.91. The van der Waals surface area contributed by atoms with Gasteiger partial charge in [-0.3, -0.25) is 0 Å². The summed E-state index contributed by atoms with van der Waals surface area (Å²) in [6.45, 7) is 4.61. The Hall–Kier alpha value is -0.0800. The first-order valence-corrected chi connectivity index (χ1v) is 6.38. The molecule has 0 aromatic rings. The summed E-state index contributed by atoms with van der Waals surface area (Å²) in [5, 5.41) is 7.35. The van der Waals surface area contributed by atoms with Gasteiger partial charge in [0.25, 0.3) is 0 Å². The predicted molar refractivity (Wildman–Crippen MR) is 60.4 cm³/mol. The Kier molecular flexibility index (Phi) is 3.82. The second-order valence-electron chi connectivity index (χ2n) is 4.82. The lowest BCUT2D eigenvalue weighted by Crippen LogP contribution is -2.46. The second-order valence-corrected chi connectivity index (χ2v) is 4.82. The Bertz CT molecular complexity index is 162. The molecule has 2 rings (SSSR count). The van der Waals surface area contributed by atoms with Gasteiger partial charge in [0.2, 0.25) is 0 Å². The molecule has 0 amide bonds. The van der Waals surface area contributed by atoms with Crippen LogP contribution in [-0.2, 0) is 0 Å². The van der Waals surface area contributed by atoms with Crippen molar-refractivity contribution in [2.24, 2.45) is 5.92 Å². The molecule has 82 valence electrons. The van der Waals surface area contributed by atoms with Gasteiger partial charge in [-0.2, -0.15) is 0 Å². The van der Waals surface area contributed by atoms with Crippen molar-refractivity contribution >= 4 is 0 Å². The maximum atomic E-state index is 3.67. The molecule has 0 aromatic heterocycles. The van der Waals surface area contributed by atoms with E-state index in [9.17, 15) is 0 Å². The van der Waals surface area contributed by atoms with Crippen molar-refractivity contribution in [3.05, 3.63) is 0 Å². The van der Waals surface area contributed by atoms with Crippen LogP contribution in [0.2, 0.25) is 0 Å². The average molecular weight is 196 g/mol. The van der Waals surface area contributed by atoms with Gasteiger partial charge in [-0.15, -0.1) is 0 Å². The molecule has 2 aliphatic rings. The average Bonchev–Trinajstić information content (AvgIpc) is 2.72. The minimum Gasteiger partial charge on any atom is -0.314 e. The highest BCUT2D eigenvalue weighted by Gasteiger charge is 2.32. The minimum atomic E-state index is 0.796. The van der Waals surface area contributed by atoms with Crippen LogP contribution in [0.25, 0.3) is 0 Å². The molecule has 0 bridgehead atoms. The van der Waals surface area contributed by atoms with Crippen molar-refractivity contribution in [1.29, 1.82) is 0 Å². The lowest BCUT2D eigenvalue weighted by atomic mass is 9.79. The maximum absolute atomic E-state index is 3.67. The summed E-state index contributed by atoms with van der Waals surface area (Å²) in [6.07, 6.45) is 8.52. The van der Waals surface area contributed by atoms with Crippen molar-refractivity contribution < 1.29 is 0 Å². The maximum Gasteiger partial charge on any atom is 0.0111 e. The van der Waals surface area contributed by atoms with Crippen molar-refractivity contribution in [3.63, 3.8) is 0 Å². The van der Waals surface area contributed by atoms with Crippen molar-refractivity contribution in [3.8, 4) is 0 Å². The SMILES string of the molecule is CCNC1CCCCC1C1CCCN1. The lowest BCUT2D eigenvalue weighted by Gasteiger charge is -2.36. The van der Waals surface area contributed by atoms with Crippen molar-refractivity contribution in [2.45, 2.75) is 57.5 Å². The van der Waals surface area contributed by atoms with Gasteiger partial charge >= 0.3 is 0 Å². The molecular weight excluding hydrogens is 172 g/mol. The standard InChI is InChI=1S/C12H24N2/c1-2-13-11-7-4-3-6-10(11)12-8-5-9-14-12/h10-14H,2-9H2,1H3. The first-order valence-electron chi connectivity index (χ1n) is 6.38. The van der Waals surface area contributed by atoms with Crippen LogP contribution < -0.4 is 10.6 Å². The van der Waals surface area contributed by atoms with E-state index in [0.29, 0.717) is 0 Å². The van der Waals surface area contributed by atoms with Gasteiger partial charge < -0.3 is 10.6 Å². The van der Waals surface area contributed by atoms with Crippen LogP contribution >= 0.6 is 0 Å². The zero-order valence-corrected chi connectivity index (χ0v) is 9.39. The first kappa shape index (κ1) is 10.4. The topological polar surface area (TPSA) is 24.1 Å². The van der Waals surface area contributed by atoms with Gasteiger partial charge in [0, 0.05) is 12.1 Å². The van der Waals surface area contributed by atoms with Crippen LogP contribution in [-0.4, -0.2) is 25.2 Å². The molecule has 1 aliphatic heterocycles. The van der Waals surface area contributed by atoms with E-state index in [-0.39, 0.29) is 0 Å². The highest BCUT2D eigenvalue weighted by Crippen LogP contribution is 2.30. The van der Waals surface area contributed by atoms with Crippen LogP contribution in [0.4, 0.5) is 0 Å². The molecule has 1 aliphatic carbocycles. The third kappa shape index (κ3) is 2.29. The molecule has 3 atom stereocenters. The van der Waals surface area contributed by atoms with E-state index >= 15 is 0 Å². The minimum absolute atomic E-state index is 0.796. The van der Waals surface area contributed by atoms with Gasteiger partial charge in [0.05, 0.1) is 0 Å². The van der Waals surface area contributed by atoms with E-state index in [1.54, 1.807) is 0 Å². The van der Waals surface area contributed by atoms with E-state index < -0.39 is 0 Å². The summed E-state index contributed by atoms with van der Waals surface area (Å²) in [5.74, 6) is 0.909. The summed E-state index contributed by atoms with van der Waals surface area (Å²) >= 11 is 0. The molecule has 1 saturated carbocycles. The fourth-order valence-electron chi connectivity index (χ4n) is 3.23. The van der Waals surface area contributed by atoms with Crippen molar-refractivity contribution in [1.82, 2.24) is 10.6 Å².